The van der Waals surface area contributed by atoms with Crippen LogP contribution in [0.25, 0.3) is 0 Å². The van der Waals surface area contributed by atoms with Crippen LogP contribution in [0.1, 0.15) is 11.1 Å². The average molecular weight is 357 g/mol. The molecule has 0 aliphatic rings. The number of anilines is 5. The van der Waals surface area contributed by atoms with Crippen molar-refractivity contribution in [3.05, 3.63) is 29.5 Å². The predicted octanol–water partition coefficient (Wildman–Crippen LogP) is 1.29. The number of benzene rings is 1. The molecule has 4 N–H and O–H groups in total. The fourth-order valence-electron chi connectivity index (χ4n) is 2.74. The number of carbonyl (C=O) groups excluding carboxylic acids is 1. The molecular weight excluding hydrogens is 330 g/mol. The summed E-state index contributed by atoms with van der Waals surface area (Å²) in [5.74, 6) is 0.208. The van der Waals surface area contributed by atoms with Crippen molar-refractivity contribution in [3.63, 3.8) is 0 Å². The van der Waals surface area contributed by atoms with Gasteiger partial charge in [-0.05, 0) is 24.6 Å². The van der Waals surface area contributed by atoms with Gasteiger partial charge in [0.15, 0.2) is 0 Å². The SMILES string of the molecule is Cc1cc(N(C)C)c(N(C)C(=O)Cc2cnc(N)nc2N)c(N(C)C)c1. The number of aryl methyl sites for hydroxylation is 1. The molecule has 8 nitrogen and oxygen atoms in total. The first-order valence-corrected chi connectivity index (χ1v) is 8.24. The third kappa shape index (κ3) is 3.96. The van der Waals surface area contributed by atoms with E-state index >= 15 is 0 Å². The minimum Gasteiger partial charge on any atom is -0.383 e. The third-order valence-corrected chi connectivity index (χ3v) is 4.15. The Labute approximate surface area is 154 Å². The second-order valence-corrected chi connectivity index (χ2v) is 6.71. The fraction of sp³-hybridized carbons (Fsp3) is 0.389. The van der Waals surface area contributed by atoms with Gasteiger partial charge in [-0.25, -0.2) is 4.98 Å². The number of likely N-dealkylation sites (N-methyl/N-ethyl adjacent to an activating group) is 1. The Morgan fingerprint density at radius 3 is 2.04 bits per heavy atom. The van der Waals surface area contributed by atoms with Gasteiger partial charge in [-0.2, -0.15) is 4.98 Å². The van der Waals surface area contributed by atoms with Crippen LogP contribution in [0.15, 0.2) is 18.3 Å². The molecule has 0 aliphatic carbocycles. The highest BCUT2D eigenvalue weighted by atomic mass is 16.2. The maximum Gasteiger partial charge on any atom is 0.231 e. The molecule has 140 valence electrons. The van der Waals surface area contributed by atoms with Crippen LogP contribution in [0.5, 0.6) is 0 Å². The Kier molecular flexibility index (Phi) is 5.54. The molecule has 2 aromatic rings. The molecule has 0 radical (unpaired) electrons. The molecule has 0 fully saturated rings. The van der Waals surface area contributed by atoms with Crippen LogP contribution in [0, 0.1) is 6.92 Å². The van der Waals surface area contributed by atoms with Crippen molar-refractivity contribution in [3.8, 4) is 0 Å². The van der Waals surface area contributed by atoms with E-state index in [1.165, 1.54) is 6.20 Å². The van der Waals surface area contributed by atoms with Crippen LogP contribution in [0.4, 0.5) is 28.8 Å². The number of nitrogen functional groups attached to an aromatic ring is 2. The van der Waals surface area contributed by atoms with Crippen LogP contribution in [0.2, 0.25) is 0 Å². The predicted molar refractivity (Wildman–Crippen MR) is 108 cm³/mol. The van der Waals surface area contributed by atoms with Gasteiger partial charge in [0.1, 0.15) is 5.82 Å². The second kappa shape index (κ2) is 7.47. The molecule has 1 aromatic heterocycles. The van der Waals surface area contributed by atoms with Crippen molar-refractivity contribution in [1.82, 2.24) is 9.97 Å². The number of rotatable bonds is 5. The Morgan fingerprint density at radius 1 is 1.04 bits per heavy atom. The quantitative estimate of drug-likeness (QED) is 0.830. The number of hydrogen-bond acceptors (Lipinski definition) is 7. The first kappa shape index (κ1) is 19.3. The van der Waals surface area contributed by atoms with Crippen molar-refractivity contribution < 1.29 is 4.79 Å². The lowest BCUT2D eigenvalue weighted by atomic mass is 10.1. The Morgan fingerprint density at radius 2 is 1.58 bits per heavy atom. The number of aromatic nitrogens is 2. The summed E-state index contributed by atoms with van der Waals surface area (Å²) >= 11 is 0. The highest BCUT2D eigenvalue weighted by molar-refractivity contribution is 6.02. The van der Waals surface area contributed by atoms with Gasteiger partial charge in [-0.3, -0.25) is 4.79 Å². The Hall–Kier alpha value is -3.03. The molecule has 1 aromatic carbocycles. The molecule has 0 atom stereocenters. The molecule has 2 rings (SSSR count). The first-order valence-electron chi connectivity index (χ1n) is 8.24. The van der Waals surface area contributed by atoms with Crippen LogP contribution >= 0.6 is 0 Å². The first-order chi connectivity index (χ1) is 12.1. The zero-order chi connectivity index (χ0) is 19.6. The van der Waals surface area contributed by atoms with Crippen LogP contribution < -0.4 is 26.2 Å². The standard InChI is InChI=1S/C18H27N7O/c1-11-7-13(23(2)3)16(14(8-11)24(4)5)25(6)15(26)9-12-10-21-18(20)22-17(12)19/h7-8,10H,9H2,1-6H3,(H4,19,20,21,22). The van der Waals surface area contributed by atoms with Crippen molar-refractivity contribution in [2.45, 2.75) is 13.3 Å². The minimum atomic E-state index is -0.111. The minimum absolute atomic E-state index is 0.0929. The van der Waals surface area contributed by atoms with Gasteiger partial charge in [0.25, 0.3) is 0 Å². The lowest BCUT2D eigenvalue weighted by Gasteiger charge is -2.30. The van der Waals surface area contributed by atoms with Crippen molar-refractivity contribution >= 4 is 34.7 Å². The van der Waals surface area contributed by atoms with Gasteiger partial charge in [0.05, 0.1) is 23.5 Å². The van der Waals surface area contributed by atoms with Gasteiger partial charge in [0.2, 0.25) is 11.9 Å². The number of hydrogen-bond donors (Lipinski definition) is 2. The maximum atomic E-state index is 12.9. The number of nitrogens with two attached hydrogens (primary N) is 2. The number of carbonyl (C=O) groups is 1. The van der Waals surface area contributed by atoms with E-state index in [9.17, 15) is 4.79 Å². The van der Waals surface area contributed by atoms with Crippen LogP contribution in [-0.4, -0.2) is 51.1 Å². The molecule has 26 heavy (non-hydrogen) atoms. The highest BCUT2D eigenvalue weighted by Gasteiger charge is 2.22. The van der Waals surface area contributed by atoms with Gasteiger partial charge in [-0.15, -0.1) is 0 Å². The third-order valence-electron chi connectivity index (χ3n) is 4.15. The number of nitrogens with zero attached hydrogens (tertiary/aromatic N) is 5. The van der Waals surface area contributed by atoms with Gasteiger partial charge in [-0.1, -0.05) is 0 Å². The molecular formula is C18H27N7O. The number of amides is 1. The average Bonchev–Trinajstić information content (AvgIpc) is 2.55. The van der Waals surface area contributed by atoms with Crippen molar-refractivity contribution in [1.29, 1.82) is 0 Å². The summed E-state index contributed by atoms with van der Waals surface area (Å²) in [5.41, 5.74) is 15.8. The topological polar surface area (TPSA) is 105 Å². The fourth-order valence-corrected chi connectivity index (χ4v) is 2.74. The van der Waals surface area contributed by atoms with E-state index < -0.39 is 0 Å². The lowest BCUT2D eigenvalue weighted by Crippen LogP contribution is -2.31. The van der Waals surface area contributed by atoms with Gasteiger partial charge in [0, 0.05) is 47.0 Å². The molecule has 0 saturated carbocycles. The second-order valence-electron chi connectivity index (χ2n) is 6.71. The largest absolute Gasteiger partial charge is 0.383 e. The van der Waals surface area contributed by atoms with E-state index in [-0.39, 0.29) is 24.1 Å². The zero-order valence-corrected chi connectivity index (χ0v) is 16.2. The smallest absolute Gasteiger partial charge is 0.231 e. The summed E-state index contributed by atoms with van der Waals surface area (Å²) in [5, 5.41) is 0. The summed E-state index contributed by atoms with van der Waals surface area (Å²) < 4.78 is 0. The summed E-state index contributed by atoms with van der Waals surface area (Å²) in [6, 6.07) is 4.12. The van der Waals surface area contributed by atoms with Crippen LogP contribution in [0.3, 0.4) is 0 Å². The summed E-state index contributed by atoms with van der Waals surface area (Å²) in [7, 11) is 9.61. The molecule has 8 heteroatoms. The molecule has 0 saturated heterocycles. The molecule has 0 aliphatic heterocycles. The van der Waals surface area contributed by atoms with E-state index in [0.717, 1.165) is 22.6 Å². The van der Waals surface area contributed by atoms with Crippen molar-refractivity contribution in [2.24, 2.45) is 0 Å². The van der Waals surface area contributed by atoms with Crippen LogP contribution in [-0.2, 0) is 11.2 Å². The molecule has 0 unspecified atom stereocenters. The zero-order valence-electron chi connectivity index (χ0n) is 16.2. The summed E-state index contributed by atoms with van der Waals surface area (Å²) in [6.45, 7) is 2.04. The van der Waals surface area contributed by atoms with Crippen molar-refractivity contribution in [2.75, 3.05) is 61.4 Å². The highest BCUT2D eigenvalue weighted by Crippen LogP contribution is 2.38. The molecule has 1 amide bonds. The van der Waals surface area contributed by atoms with Gasteiger partial charge >= 0.3 is 0 Å². The maximum absolute atomic E-state index is 12.9. The lowest BCUT2D eigenvalue weighted by molar-refractivity contribution is -0.117. The monoisotopic (exact) mass is 357 g/mol. The summed E-state index contributed by atoms with van der Waals surface area (Å²) in [6.07, 6.45) is 1.59. The van der Waals surface area contributed by atoms with E-state index in [1.807, 2.05) is 44.9 Å². The molecule has 1 heterocycles. The van der Waals surface area contributed by atoms with E-state index in [1.54, 1.807) is 11.9 Å². The van der Waals surface area contributed by atoms with E-state index in [4.69, 9.17) is 11.5 Å². The Balaban J connectivity index is 2.44. The molecule has 0 spiro atoms. The van der Waals surface area contributed by atoms with E-state index in [0.29, 0.717) is 5.56 Å². The summed E-state index contributed by atoms with van der Waals surface area (Å²) in [4.78, 5) is 26.4. The Bertz CT molecular complexity index is 788. The molecule has 0 bridgehead atoms. The van der Waals surface area contributed by atoms with Gasteiger partial charge < -0.3 is 26.2 Å². The van der Waals surface area contributed by atoms with E-state index in [2.05, 4.69) is 22.1 Å². The normalized spacial score (nSPS) is 10.5.